The van der Waals surface area contributed by atoms with Gasteiger partial charge in [0.05, 0.1) is 28.3 Å². The lowest BCUT2D eigenvalue weighted by atomic mass is 10.1. The number of nitriles is 1. The van der Waals surface area contributed by atoms with Crippen molar-refractivity contribution in [1.82, 2.24) is 9.55 Å². The van der Waals surface area contributed by atoms with E-state index in [0.717, 1.165) is 5.56 Å². The van der Waals surface area contributed by atoms with Crippen LogP contribution < -0.4 is 10.9 Å². The van der Waals surface area contributed by atoms with Crippen molar-refractivity contribution >= 4 is 34.3 Å². The fraction of sp³-hybridized carbons (Fsp3) is 0.120. The molecule has 0 atom stereocenters. The van der Waals surface area contributed by atoms with Gasteiger partial charge in [-0.2, -0.15) is 5.26 Å². The minimum atomic E-state index is -0.312. The number of aryl methyl sites for hydroxylation is 1. The van der Waals surface area contributed by atoms with Gasteiger partial charge in [0.15, 0.2) is 5.16 Å². The summed E-state index contributed by atoms with van der Waals surface area (Å²) in [5.41, 5.74) is 2.37. The van der Waals surface area contributed by atoms with E-state index >= 15 is 0 Å². The second-order valence-corrected chi connectivity index (χ2v) is 8.21. The summed E-state index contributed by atoms with van der Waals surface area (Å²) >= 11 is 1.18. The maximum absolute atomic E-state index is 13.2. The molecule has 1 amide bonds. The largest absolute Gasteiger partial charge is 0.325 e. The van der Waals surface area contributed by atoms with Crippen LogP contribution in [0, 0.1) is 17.1 Å². The van der Waals surface area contributed by atoms with E-state index < -0.39 is 0 Å². The Kier molecular flexibility index (Phi) is 6.81. The van der Waals surface area contributed by atoms with E-state index in [0.29, 0.717) is 40.3 Å². The van der Waals surface area contributed by atoms with E-state index in [-0.39, 0.29) is 23.0 Å². The molecule has 1 N–H and O–H groups in total. The highest BCUT2D eigenvalue weighted by atomic mass is 32.2. The van der Waals surface area contributed by atoms with E-state index in [2.05, 4.69) is 10.3 Å². The maximum atomic E-state index is 13.2. The number of aromatic nitrogens is 2. The van der Waals surface area contributed by atoms with Gasteiger partial charge in [0, 0.05) is 12.2 Å². The molecule has 0 bridgehead atoms. The van der Waals surface area contributed by atoms with Crippen LogP contribution in [0.4, 0.5) is 10.1 Å². The van der Waals surface area contributed by atoms with Crippen molar-refractivity contribution < 1.29 is 9.18 Å². The first kappa shape index (κ1) is 22.2. The number of amides is 1. The van der Waals surface area contributed by atoms with Crippen molar-refractivity contribution in [3.8, 4) is 6.07 Å². The minimum absolute atomic E-state index is 0.0569. The third-order valence-corrected chi connectivity index (χ3v) is 5.97. The van der Waals surface area contributed by atoms with Crippen molar-refractivity contribution in [2.45, 2.75) is 18.1 Å². The fourth-order valence-electron chi connectivity index (χ4n) is 3.30. The summed E-state index contributed by atoms with van der Waals surface area (Å²) < 4.78 is 14.8. The predicted octanol–water partition coefficient (Wildman–Crippen LogP) is 4.38. The molecule has 3 aromatic carbocycles. The molecule has 33 heavy (non-hydrogen) atoms. The Morgan fingerprint density at radius 2 is 1.79 bits per heavy atom. The van der Waals surface area contributed by atoms with Gasteiger partial charge in [0.1, 0.15) is 5.82 Å². The number of carbonyl (C=O) groups is 1. The number of hydrogen-bond acceptors (Lipinski definition) is 5. The number of fused-ring (bicyclic) bond motifs is 1. The highest BCUT2D eigenvalue weighted by Gasteiger charge is 2.14. The quantitative estimate of drug-likeness (QED) is 0.328. The van der Waals surface area contributed by atoms with Gasteiger partial charge >= 0.3 is 0 Å². The first-order valence-electron chi connectivity index (χ1n) is 10.2. The minimum Gasteiger partial charge on any atom is -0.325 e. The third kappa shape index (κ3) is 5.45. The topological polar surface area (TPSA) is 87.8 Å². The molecule has 0 unspecified atom stereocenters. The first-order chi connectivity index (χ1) is 16.0. The van der Waals surface area contributed by atoms with Gasteiger partial charge in [-0.25, -0.2) is 9.37 Å². The molecule has 0 saturated heterocycles. The standard InChI is InChI=1S/C25H19FN4O2S/c26-19-9-5-17(6-10-19)13-14-30-24(32)21-3-1-2-4-22(21)29-25(30)33-16-23(31)28-20-11-7-18(15-27)8-12-20/h1-12H,13-14,16H2,(H,28,31). The number of hydrogen-bond donors (Lipinski definition) is 1. The van der Waals surface area contributed by atoms with Crippen molar-refractivity contribution in [1.29, 1.82) is 5.26 Å². The summed E-state index contributed by atoms with van der Waals surface area (Å²) in [6.45, 7) is 0.349. The molecule has 8 heteroatoms. The number of benzene rings is 3. The molecule has 0 fully saturated rings. The second kappa shape index (κ2) is 10.1. The monoisotopic (exact) mass is 458 g/mol. The number of carbonyl (C=O) groups excluding carboxylic acids is 1. The maximum Gasteiger partial charge on any atom is 0.262 e. The van der Waals surface area contributed by atoms with Crippen LogP contribution >= 0.6 is 11.8 Å². The summed E-state index contributed by atoms with van der Waals surface area (Å²) in [5, 5.41) is 12.6. The lowest BCUT2D eigenvalue weighted by molar-refractivity contribution is -0.113. The van der Waals surface area contributed by atoms with Gasteiger partial charge < -0.3 is 5.32 Å². The SMILES string of the molecule is N#Cc1ccc(NC(=O)CSc2nc3ccccc3c(=O)n2CCc2ccc(F)cc2)cc1. The van der Waals surface area contributed by atoms with Crippen molar-refractivity contribution in [2.75, 3.05) is 11.1 Å². The molecule has 0 aliphatic rings. The zero-order valence-electron chi connectivity index (χ0n) is 17.5. The summed E-state index contributed by atoms with van der Waals surface area (Å²) in [4.78, 5) is 30.2. The van der Waals surface area contributed by atoms with E-state index in [4.69, 9.17) is 5.26 Å². The number of anilines is 1. The van der Waals surface area contributed by atoms with E-state index in [1.165, 1.54) is 23.9 Å². The summed E-state index contributed by atoms with van der Waals surface area (Å²) in [7, 11) is 0. The summed E-state index contributed by atoms with van der Waals surface area (Å²) in [6, 6.07) is 21.8. The Balaban J connectivity index is 1.53. The van der Waals surface area contributed by atoms with Gasteiger partial charge in [0.2, 0.25) is 5.91 Å². The first-order valence-corrected chi connectivity index (χ1v) is 11.2. The Bertz CT molecular complexity index is 1390. The molecule has 6 nitrogen and oxygen atoms in total. The summed E-state index contributed by atoms with van der Waals surface area (Å²) in [5.74, 6) is -0.508. The molecule has 0 saturated carbocycles. The molecule has 0 aliphatic carbocycles. The van der Waals surface area contributed by atoms with Crippen LogP contribution in [0.15, 0.2) is 82.7 Å². The van der Waals surface area contributed by atoms with Crippen LogP contribution in [0.25, 0.3) is 10.9 Å². The van der Waals surface area contributed by atoms with Gasteiger partial charge in [-0.1, -0.05) is 36.0 Å². The van der Waals surface area contributed by atoms with E-state index in [9.17, 15) is 14.0 Å². The average molecular weight is 459 g/mol. The molecule has 4 aromatic rings. The predicted molar refractivity (Wildman–Crippen MR) is 127 cm³/mol. The van der Waals surface area contributed by atoms with Gasteiger partial charge in [0.25, 0.3) is 5.56 Å². The molecule has 0 spiro atoms. The number of thioether (sulfide) groups is 1. The Morgan fingerprint density at radius 3 is 2.52 bits per heavy atom. The lowest BCUT2D eigenvalue weighted by Gasteiger charge is -2.13. The smallest absolute Gasteiger partial charge is 0.262 e. The zero-order valence-corrected chi connectivity index (χ0v) is 18.3. The van der Waals surface area contributed by atoms with Crippen LogP contribution in [-0.4, -0.2) is 21.2 Å². The molecule has 0 radical (unpaired) electrons. The number of nitrogens with one attached hydrogen (secondary N) is 1. The molecule has 4 rings (SSSR count). The van der Waals surface area contributed by atoms with Crippen LogP contribution in [0.5, 0.6) is 0 Å². The second-order valence-electron chi connectivity index (χ2n) is 7.27. The molecule has 0 aliphatic heterocycles. The van der Waals surface area contributed by atoms with Gasteiger partial charge in [-0.15, -0.1) is 0 Å². The van der Waals surface area contributed by atoms with Crippen LogP contribution in [0.2, 0.25) is 0 Å². The van der Waals surface area contributed by atoms with Crippen LogP contribution in [-0.2, 0) is 17.8 Å². The van der Waals surface area contributed by atoms with Crippen molar-refractivity contribution in [2.24, 2.45) is 0 Å². The molecular weight excluding hydrogens is 439 g/mol. The highest BCUT2D eigenvalue weighted by Crippen LogP contribution is 2.19. The van der Waals surface area contributed by atoms with Crippen molar-refractivity contribution in [3.63, 3.8) is 0 Å². The molecular formula is C25H19FN4O2S. The van der Waals surface area contributed by atoms with E-state index in [1.807, 2.05) is 12.1 Å². The number of nitrogens with zero attached hydrogens (tertiary/aromatic N) is 3. The zero-order chi connectivity index (χ0) is 23.2. The van der Waals surface area contributed by atoms with Crippen LogP contribution in [0.3, 0.4) is 0 Å². The number of halogens is 1. The van der Waals surface area contributed by atoms with E-state index in [1.54, 1.807) is 59.2 Å². The van der Waals surface area contributed by atoms with Crippen LogP contribution in [0.1, 0.15) is 11.1 Å². The summed E-state index contributed by atoms with van der Waals surface area (Å²) in [6.07, 6.45) is 0.519. The number of rotatable bonds is 7. The Labute approximate surface area is 193 Å². The normalized spacial score (nSPS) is 10.7. The lowest BCUT2D eigenvalue weighted by Crippen LogP contribution is -2.25. The third-order valence-electron chi connectivity index (χ3n) is 4.99. The Hall–Kier alpha value is -3.96. The fourth-order valence-corrected chi connectivity index (χ4v) is 4.13. The van der Waals surface area contributed by atoms with Crippen molar-refractivity contribution in [3.05, 3.63) is 100 Å². The van der Waals surface area contributed by atoms with Gasteiger partial charge in [-0.3, -0.25) is 14.2 Å². The molecule has 164 valence electrons. The Morgan fingerprint density at radius 1 is 1.06 bits per heavy atom. The highest BCUT2D eigenvalue weighted by molar-refractivity contribution is 7.99. The molecule has 1 aromatic heterocycles. The molecule has 1 heterocycles. The van der Waals surface area contributed by atoms with Gasteiger partial charge in [-0.05, 0) is 60.5 Å². The number of para-hydroxylation sites is 1. The average Bonchev–Trinajstić information content (AvgIpc) is 2.84.